The van der Waals surface area contributed by atoms with E-state index < -0.39 is 0 Å². The zero-order valence-corrected chi connectivity index (χ0v) is 7.03. The Morgan fingerprint density at radius 3 is 2.70 bits per heavy atom. The van der Waals surface area contributed by atoms with E-state index in [-0.39, 0.29) is 0 Å². The molecule has 1 rings (SSSR count). The molecule has 0 amide bonds. The van der Waals surface area contributed by atoms with Crippen LogP contribution in [-0.4, -0.2) is 7.85 Å². The van der Waals surface area contributed by atoms with Crippen LogP contribution < -0.4 is 5.46 Å². The van der Waals surface area contributed by atoms with Crippen molar-refractivity contribution in [1.82, 2.24) is 0 Å². The van der Waals surface area contributed by atoms with Crippen molar-refractivity contribution in [3.8, 4) is 0 Å². The number of hydrogen-bond acceptors (Lipinski definition) is 1. The lowest BCUT2D eigenvalue weighted by Gasteiger charge is -1.85. The van der Waals surface area contributed by atoms with Crippen LogP contribution in [0.15, 0.2) is 17.0 Å². The van der Waals surface area contributed by atoms with Crippen LogP contribution >= 0.6 is 11.3 Å². The standard InChI is InChI=1S/C8H9BS/c1-6(2)3-8-4-7(9)5-10-8/h3-5H,1-2H3. The molecule has 1 heterocycles. The summed E-state index contributed by atoms with van der Waals surface area (Å²) < 4.78 is 0. The first-order valence-corrected chi connectivity index (χ1v) is 4.05. The van der Waals surface area contributed by atoms with E-state index in [1.54, 1.807) is 11.3 Å². The van der Waals surface area contributed by atoms with E-state index in [0.717, 1.165) is 5.46 Å². The van der Waals surface area contributed by atoms with Crippen molar-refractivity contribution < 1.29 is 0 Å². The Labute approximate surface area is 67.0 Å². The average molecular weight is 148 g/mol. The molecule has 50 valence electrons. The predicted molar refractivity (Wildman–Crippen MR) is 49.0 cm³/mol. The molecule has 1 aromatic heterocycles. The van der Waals surface area contributed by atoms with Crippen molar-refractivity contribution in [3.05, 3.63) is 21.9 Å². The van der Waals surface area contributed by atoms with Gasteiger partial charge < -0.3 is 0 Å². The highest BCUT2D eigenvalue weighted by atomic mass is 32.1. The lowest BCUT2D eigenvalue weighted by molar-refractivity contribution is 1.43. The van der Waals surface area contributed by atoms with E-state index in [0.29, 0.717) is 0 Å². The summed E-state index contributed by atoms with van der Waals surface area (Å²) in [6.07, 6.45) is 2.13. The van der Waals surface area contributed by atoms with Crippen LogP contribution in [-0.2, 0) is 0 Å². The molecule has 10 heavy (non-hydrogen) atoms. The van der Waals surface area contributed by atoms with E-state index >= 15 is 0 Å². The SMILES string of the molecule is [B]c1csc(C=C(C)C)c1. The number of rotatable bonds is 1. The summed E-state index contributed by atoms with van der Waals surface area (Å²) in [6.45, 7) is 4.16. The van der Waals surface area contributed by atoms with Crippen molar-refractivity contribution in [2.45, 2.75) is 13.8 Å². The first-order valence-electron chi connectivity index (χ1n) is 3.17. The van der Waals surface area contributed by atoms with E-state index in [1.165, 1.54) is 10.5 Å². The topological polar surface area (TPSA) is 0 Å². The molecule has 0 aromatic carbocycles. The van der Waals surface area contributed by atoms with Gasteiger partial charge in [0.15, 0.2) is 0 Å². The van der Waals surface area contributed by atoms with Crippen molar-refractivity contribution in [2.75, 3.05) is 0 Å². The Morgan fingerprint density at radius 2 is 2.30 bits per heavy atom. The summed E-state index contributed by atoms with van der Waals surface area (Å²) >= 11 is 1.68. The summed E-state index contributed by atoms with van der Waals surface area (Å²) in [5.41, 5.74) is 2.17. The van der Waals surface area contributed by atoms with E-state index in [4.69, 9.17) is 7.85 Å². The Balaban J connectivity index is 2.86. The van der Waals surface area contributed by atoms with E-state index in [9.17, 15) is 0 Å². The second-order valence-corrected chi connectivity index (χ2v) is 3.45. The molecule has 2 heteroatoms. The van der Waals surface area contributed by atoms with Gasteiger partial charge in [-0.3, -0.25) is 0 Å². The summed E-state index contributed by atoms with van der Waals surface area (Å²) in [5, 5.41) is 1.95. The third-order valence-corrected chi connectivity index (χ3v) is 1.97. The van der Waals surface area contributed by atoms with Crippen molar-refractivity contribution in [3.63, 3.8) is 0 Å². The highest BCUT2D eigenvalue weighted by Crippen LogP contribution is 2.10. The smallest absolute Gasteiger partial charge is 0.115 e. The highest BCUT2D eigenvalue weighted by molar-refractivity contribution is 7.11. The quantitative estimate of drug-likeness (QED) is 0.534. The van der Waals surface area contributed by atoms with Crippen LogP contribution in [0.5, 0.6) is 0 Å². The monoisotopic (exact) mass is 148 g/mol. The summed E-state index contributed by atoms with van der Waals surface area (Å²) in [7, 11) is 5.54. The summed E-state index contributed by atoms with van der Waals surface area (Å²) in [5.74, 6) is 0. The first-order chi connectivity index (χ1) is 4.68. The molecule has 0 atom stereocenters. The van der Waals surface area contributed by atoms with Gasteiger partial charge in [-0.1, -0.05) is 17.1 Å². The largest absolute Gasteiger partial charge is 0.145 e. The minimum Gasteiger partial charge on any atom is -0.145 e. The Hall–Kier alpha value is -0.495. The lowest BCUT2D eigenvalue weighted by Crippen LogP contribution is -1.92. The molecule has 0 aliphatic heterocycles. The van der Waals surface area contributed by atoms with Crippen molar-refractivity contribution in [1.29, 1.82) is 0 Å². The molecular formula is C8H9BS. The maximum absolute atomic E-state index is 5.54. The van der Waals surface area contributed by atoms with Gasteiger partial charge in [0.05, 0.1) is 0 Å². The summed E-state index contributed by atoms with van der Waals surface area (Å²) in [4.78, 5) is 1.23. The van der Waals surface area contributed by atoms with Gasteiger partial charge in [0.1, 0.15) is 7.85 Å². The third-order valence-electron chi connectivity index (χ3n) is 1.07. The fourth-order valence-corrected chi connectivity index (χ4v) is 1.58. The van der Waals surface area contributed by atoms with Gasteiger partial charge in [0.2, 0.25) is 0 Å². The van der Waals surface area contributed by atoms with Gasteiger partial charge in [0.25, 0.3) is 0 Å². The molecule has 0 N–H and O–H groups in total. The molecule has 0 unspecified atom stereocenters. The molecule has 0 aliphatic carbocycles. The maximum Gasteiger partial charge on any atom is 0.115 e. The number of allylic oxidation sites excluding steroid dienone is 1. The van der Waals surface area contributed by atoms with Crippen LogP contribution in [0.25, 0.3) is 6.08 Å². The minimum absolute atomic E-state index is 0.859. The normalized spacial score (nSPS) is 9.40. The lowest BCUT2D eigenvalue weighted by atomic mass is 10.0. The van der Waals surface area contributed by atoms with Gasteiger partial charge in [0, 0.05) is 4.88 Å². The Morgan fingerprint density at radius 1 is 1.60 bits per heavy atom. The number of thiophene rings is 1. The molecule has 0 aliphatic rings. The van der Waals surface area contributed by atoms with Gasteiger partial charge in [-0.25, -0.2) is 0 Å². The third kappa shape index (κ3) is 2.03. The molecule has 0 saturated heterocycles. The van der Waals surface area contributed by atoms with Crippen LogP contribution in [0.4, 0.5) is 0 Å². The second-order valence-electron chi connectivity index (χ2n) is 2.50. The molecule has 0 fully saturated rings. The molecule has 0 saturated carbocycles. The van der Waals surface area contributed by atoms with Gasteiger partial charge >= 0.3 is 0 Å². The minimum atomic E-state index is 0.859. The first kappa shape index (κ1) is 7.61. The van der Waals surface area contributed by atoms with Crippen molar-refractivity contribution >= 4 is 30.7 Å². The molecular weight excluding hydrogens is 139 g/mol. The van der Waals surface area contributed by atoms with Gasteiger partial charge in [-0.05, 0) is 25.3 Å². The zero-order valence-electron chi connectivity index (χ0n) is 6.22. The fraction of sp³-hybridized carbons (Fsp3) is 0.250. The Kier molecular flexibility index (Phi) is 2.33. The van der Waals surface area contributed by atoms with Gasteiger partial charge in [-0.2, -0.15) is 0 Å². The molecule has 0 nitrogen and oxygen atoms in total. The molecule has 2 radical (unpaired) electrons. The van der Waals surface area contributed by atoms with Crippen LogP contribution in [0.2, 0.25) is 0 Å². The molecule has 0 bridgehead atoms. The van der Waals surface area contributed by atoms with Crippen molar-refractivity contribution in [2.24, 2.45) is 0 Å². The second kappa shape index (κ2) is 3.06. The zero-order chi connectivity index (χ0) is 7.56. The summed E-state index contributed by atoms with van der Waals surface area (Å²) in [6, 6.07) is 1.98. The number of hydrogen-bond donors (Lipinski definition) is 0. The predicted octanol–water partition coefficient (Wildman–Crippen LogP) is 1.97. The fourth-order valence-electron chi connectivity index (χ4n) is 0.729. The van der Waals surface area contributed by atoms with Crippen LogP contribution in [0.1, 0.15) is 18.7 Å². The van der Waals surface area contributed by atoms with Crippen LogP contribution in [0.3, 0.4) is 0 Å². The Bertz CT molecular complexity index is 244. The average Bonchev–Trinajstić information content (AvgIpc) is 2.13. The molecule has 0 spiro atoms. The van der Waals surface area contributed by atoms with E-state index in [2.05, 4.69) is 19.9 Å². The molecule has 1 aromatic rings. The van der Waals surface area contributed by atoms with Crippen LogP contribution in [0, 0.1) is 0 Å². The van der Waals surface area contributed by atoms with Gasteiger partial charge in [-0.15, -0.1) is 11.3 Å². The highest BCUT2D eigenvalue weighted by Gasteiger charge is 1.89. The van der Waals surface area contributed by atoms with E-state index in [1.807, 2.05) is 11.4 Å². The maximum atomic E-state index is 5.54.